The van der Waals surface area contributed by atoms with Gasteiger partial charge in [0.1, 0.15) is 0 Å². The van der Waals surface area contributed by atoms with Gasteiger partial charge < -0.3 is 0 Å². The Morgan fingerprint density at radius 2 is 0.400 bits per heavy atom. The Bertz CT molecular complexity index is 434. The van der Waals surface area contributed by atoms with Crippen LogP contribution < -0.4 is 0 Å². The molecule has 0 heterocycles. The average Bonchev–Trinajstić information content (AvgIpc) is 2.82. The van der Waals surface area contributed by atoms with Crippen molar-refractivity contribution >= 4 is 10.8 Å². The highest BCUT2D eigenvalue weighted by Gasteiger charge is 1.85. The van der Waals surface area contributed by atoms with E-state index < -0.39 is 0 Å². The van der Waals surface area contributed by atoms with Gasteiger partial charge in [-0.15, -0.1) is 0 Å². The van der Waals surface area contributed by atoms with Gasteiger partial charge in [0.15, 0.2) is 0 Å². The van der Waals surface area contributed by atoms with E-state index in [2.05, 4.69) is 48.5 Å². The Balaban J connectivity index is -0.0000000359. The van der Waals surface area contributed by atoms with Crippen LogP contribution in [0, 0.1) is 0 Å². The maximum Gasteiger partial charge on any atom is -0.0184 e. The van der Waals surface area contributed by atoms with E-state index in [4.69, 9.17) is 0 Å². The fourth-order valence-corrected chi connectivity index (χ4v) is 1.52. The van der Waals surface area contributed by atoms with Crippen LogP contribution in [0.1, 0.15) is 98.9 Å². The van der Waals surface area contributed by atoms with Crippen molar-refractivity contribution in [3.63, 3.8) is 0 Å². The molecule has 0 saturated carbocycles. The van der Waals surface area contributed by atoms with Gasteiger partial charge in [0, 0.05) is 0 Å². The molecule has 3 rings (SSSR count). The van der Waals surface area contributed by atoms with Crippen LogP contribution in [0.25, 0.3) is 10.8 Å². The first-order valence-electron chi connectivity index (χ1n) is 10.4. The second-order valence-corrected chi connectivity index (χ2v) is 3.50. The second kappa shape index (κ2) is 56.3. The highest BCUT2D eigenvalue weighted by molar-refractivity contribution is 5.81. The summed E-state index contributed by atoms with van der Waals surface area (Å²) >= 11 is 0. The summed E-state index contributed by atoms with van der Waals surface area (Å²) in [4.78, 5) is 0. The van der Waals surface area contributed by atoms with Crippen molar-refractivity contribution in [3.8, 4) is 0 Å². The number of hydrogen-bond acceptors (Lipinski definition) is 0. The van der Waals surface area contributed by atoms with Gasteiger partial charge in [0.05, 0.1) is 0 Å². The average molecular weight is 421 g/mol. The van der Waals surface area contributed by atoms with Crippen molar-refractivity contribution in [2.45, 2.75) is 98.9 Å². The first-order valence-corrected chi connectivity index (χ1v) is 10.4. The predicted octanol–water partition coefficient (Wildman–Crippen LogP) is 12.2. The van der Waals surface area contributed by atoms with Crippen molar-refractivity contribution in [3.05, 3.63) is 84.9 Å². The van der Waals surface area contributed by atoms with E-state index in [1.165, 1.54) is 10.8 Å². The lowest BCUT2D eigenvalue weighted by atomic mass is 10.1. The van der Waals surface area contributed by atoms with E-state index in [1.807, 2.05) is 106 Å². The molecule has 0 radical (unpaired) electrons. The lowest BCUT2D eigenvalue weighted by Gasteiger charge is -1.92. The van der Waals surface area contributed by atoms with Gasteiger partial charge >= 0.3 is 0 Å². The fourth-order valence-electron chi connectivity index (χ4n) is 1.52. The molecule has 0 aliphatic carbocycles. The number of fused-ring (bicyclic) bond motifs is 1. The van der Waals surface area contributed by atoms with Crippen molar-refractivity contribution in [1.82, 2.24) is 0 Å². The van der Waals surface area contributed by atoms with Crippen molar-refractivity contribution in [2.75, 3.05) is 0 Å². The van der Waals surface area contributed by atoms with Gasteiger partial charge in [0.2, 0.25) is 0 Å². The van der Waals surface area contributed by atoms with Crippen molar-refractivity contribution < 1.29 is 0 Å². The number of hydrogen-bond donors (Lipinski definition) is 0. The smallest absolute Gasteiger partial charge is 0.0184 e. The van der Waals surface area contributed by atoms with Gasteiger partial charge in [-0.3, -0.25) is 0 Å². The largest absolute Gasteiger partial charge is 0.0776 e. The molecular weight excluding hydrogens is 360 g/mol. The van der Waals surface area contributed by atoms with Crippen LogP contribution in [-0.4, -0.2) is 0 Å². The molecule has 0 aliphatic heterocycles. The highest BCUT2D eigenvalue weighted by atomic mass is 13.9. The van der Waals surface area contributed by atoms with Gasteiger partial charge in [0.25, 0.3) is 0 Å². The first-order chi connectivity index (χ1) is 13.0. The Kier molecular flexibility index (Phi) is 95.7. The van der Waals surface area contributed by atoms with Crippen molar-refractivity contribution in [2.24, 2.45) is 0 Å². The molecule has 0 bridgehead atoms. The van der Waals surface area contributed by atoms with E-state index >= 15 is 0 Å². The normalized spacial score (nSPS) is 5.93. The van der Waals surface area contributed by atoms with E-state index in [0.717, 1.165) is 0 Å². The van der Waals surface area contributed by atoms with Gasteiger partial charge in [-0.1, -0.05) is 184 Å². The molecular formula is C30H60. The van der Waals surface area contributed by atoms with Gasteiger partial charge in [-0.05, 0) is 10.8 Å². The molecule has 0 unspecified atom stereocenters. The molecule has 0 aromatic heterocycles. The maximum atomic E-state index is 2.12. The summed E-state index contributed by atoms with van der Waals surface area (Å²) < 4.78 is 0. The third kappa shape index (κ3) is 33.5. The monoisotopic (exact) mass is 420 g/mol. The Morgan fingerprint density at radius 3 is 0.533 bits per heavy atom. The number of rotatable bonds is 0. The molecule has 0 heteroatoms. The van der Waals surface area contributed by atoms with Crippen LogP contribution in [0.3, 0.4) is 0 Å². The minimum atomic E-state index is 0. The quantitative estimate of drug-likeness (QED) is 0.339. The zero-order chi connectivity index (χ0) is 21.1. The van der Waals surface area contributed by atoms with Crippen LogP contribution >= 0.6 is 0 Å². The topological polar surface area (TPSA) is 0 Å². The van der Waals surface area contributed by atoms with Gasteiger partial charge in [-0.2, -0.15) is 0 Å². The SMILES string of the molecule is C.C.C.C.CC.CC.CC.CC.CC.c1ccc2ccccc2c1.c1ccccc1. The molecule has 0 saturated heterocycles. The second-order valence-electron chi connectivity index (χ2n) is 3.50. The summed E-state index contributed by atoms with van der Waals surface area (Å²) in [6.07, 6.45) is 0. The van der Waals surface area contributed by atoms with Crippen LogP contribution in [0.15, 0.2) is 84.9 Å². The maximum absolute atomic E-state index is 2.12. The van der Waals surface area contributed by atoms with E-state index in [1.54, 1.807) is 0 Å². The first kappa shape index (κ1) is 51.0. The minimum Gasteiger partial charge on any atom is -0.0776 e. The third-order valence-electron chi connectivity index (χ3n) is 2.33. The zero-order valence-electron chi connectivity index (χ0n) is 19.1. The summed E-state index contributed by atoms with van der Waals surface area (Å²) in [5, 5.41) is 2.62. The lowest BCUT2D eigenvalue weighted by molar-refractivity contribution is 1.50. The molecule has 30 heavy (non-hydrogen) atoms. The van der Waals surface area contributed by atoms with Crippen LogP contribution in [-0.2, 0) is 0 Å². The van der Waals surface area contributed by atoms with E-state index in [-0.39, 0.29) is 29.7 Å². The molecule has 0 atom stereocenters. The zero-order valence-corrected chi connectivity index (χ0v) is 19.1. The molecule has 3 aromatic carbocycles. The highest BCUT2D eigenvalue weighted by Crippen LogP contribution is 2.11. The Labute approximate surface area is 194 Å². The summed E-state index contributed by atoms with van der Waals surface area (Å²) in [7, 11) is 0. The molecule has 180 valence electrons. The fraction of sp³-hybridized carbons (Fsp3) is 0.467. The molecule has 3 aromatic rings. The Hall–Kier alpha value is -2.08. The van der Waals surface area contributed by atoms with E-state index in [0.29, 0.717) is 0 Å². The third-order valence-corrected chi connectivity index (χ3v) is 2.33. The van der Waals surface area contributed by atoms with Crippen LogP contribution in [0.5, 0.6) is 0 Å². The molecule has 0 nitrogen and oxygen atoms in total. The van der Waals surface area contributed by atoms with Crippen LogP contribution in [0.2, 0.25) is 0 Å². The lowest BCUT2D eigenvalue weighted by Crippen LogP contribution is -1.67. The Morgan fingerprint density at radius 1 is 0.267 bits per heavy atom. The standard InChI is InChI=1S/C10H8.C6H6.5C2H6.4CH4/c1-2-6-10-8-4-3-7-9(10)5-1;1-2-4-6-5-3-1;5*1-2;;;;/h1-8H;1-6H;5*1-2H3;4*1H4. The summed E-state index contributed by atoms with van der Waals surface area (Å²) in [6, 6.07) is 28.7. The predicted molar refractivity (Wildman–Crippen MR) is 154 cm³/mol. The molecule has 0 fully saturated rings. The van der Waals surface area contributed by atoms with E-state index in [9.17, 15) is 0 Å². The molecule has 0 aliphatic rings. The molecule has 0 amide bonds. The molecule has 0 N–H and O–H groups in total. The summed E-state index contributed by atoms with van der Waals surface area (Å²) in [6.45, 7) is 20.0. The van der Waals surface area contributed by atoms with Crippen LogP contribution in [0.4, 0.5) is 0 Å². The summed E-state index contributed by atoms with van der Waals surface area (Å²) in [5.41, 5.74) is 0. The molecule has 0 spiro atoms. The number of benzene rings is 3. The van der Waals surface area contributed by atoms with Crippen molar-refractivity contribution in [1.29, 1.82) is 0 Å². The summed E-state index contributed by atoms with van der Waals surface area (Å²) in [5.74, 6) is 0. The van der Waals surface area contributed by atoms with Gasteiger partial charge in [-0.25, -0.2) is 0 Å². The minimum absolute atomic E-state index is 0.